The van der Waals surface area contributed by atoms with Gasteiger partial charge in [0.15, 0.2) is 0 Å². The molecule has 0 saturated carbocycles. The predicted octanol–water partition coefficient (Wildman–Crippen LogP) is 2.19. The highest BCUT2D eigenvalue weighted by Crippen LogP contribution is 2.12. The van der Waals surface area contributed by atoms with E-state index < -0.39 is 0 Å². The highest BCUT2D eigenvalue weighted by Gasteiger charge is 1.95. The lowest BCUT2D eigenvalue weighted by Gasteiger charge is -2.06. The average molecular weight is 199 g/mol. The monoisotopic (exact) mass is 198 g/mol. The molecule has 0 unspecified atom stereocenters. The minimum atomic E-state index is -0.0463. The first-order chi connectivity index (χ1) is 6.22. The molecule has 0 aromatic heterocycles. The van der Waals surface area contributed by atoms with Crippen LogP contribution in [0.2, 0.25) is 5.02 Å². The minimum absolute atomic E-state index is 0.0463. The summed E-state index contributed by atoms with van der Waals surface area (Å²) in [4.78, 5) is 10.9. The summed E-state index contributed by atoms with van der Waals surface area (Å²) in [6.45, 7) is 1.79. The molecule has 0 heterocycles. The molecule has 0 bridgehead atoms. The molecule has 1 rings (SSSR count). The molecule has 13 heavy (non-hydrogen) atoms. The Morgan fingerprint density at radius 3 is 2.54 bits per heavy atom. The SMILES string of the molecule is CCC(=O)NNc1ccc(Cl)cc1. The maximum atomic E-state index is 10.9. The zero-order chi connectivity index (χ0) is 9.68. The Morgan fingerprint density at radius 2 is 2.00 bits per heavy atom. The molecule has 70 valence electrons. The number of halogens is 1. The first-order valence-electron chi connectivity index (χ1n) is 4.03. The highest BCUT2D eigenvalue weighted by molar-refractivity contribution is 6.30. The maximum absolute atomic E-state index is 10.9. The van der Waals surface area contributed by atoms with E-state index >= 15 is 0 Å². The van der Waals surface area contributed by atoms with Crippen LogP contribution in [-0.4, -0.2) is 5.91 Å². The Labute approximate surface area is 82.1 Å². The van der Waals surface area contributed by atoms with Gasteiger partial charge in [0, 0.05) is 11.4 Å². The van der Waals surface area contributed by atoms with Gasteiger partial charge in [-0.15, -0.1) is 0 Å². The molecular weight excluding hydrogens is 188 g/mol. The molecule has 1 amide bonds. The topological polar surface area (TPSA) is 41.1 Å². The normalized spacial score (nSPS) is 9.38. The van der Waals surface area contributed by atoms with Crippen molar-refractivity contribution in [2.45, 2.75) is 13.3 Å². The summed E-state index contributed by atoms with van der Waals surface area (Å²) in [5, 5.41) is 0.673. The number of rotatable bonds is 3. The fourth-order valence-corrected chi connectivity index (χ4v) is 0.889. The lowest BCUT2D eigenvalue weighted by Crippen LogP contribution is -2.28. The molecule has 1 aromatic carbocycles. The molecule has 1 aromatic rings. The number of hydrogen-bond acceptors (Lipinski definition) is 2. The van der Waals surface area contributed by atoms with Crippen molar-refractivity contribution in [3.05, 3.63) is 29.3 Å². The maximum Gasteiger partial charge on any atom is 0.238 e. The number of anilines is 1. The minimum Gasteiger partial charge on any atom is -0.299 e. The third kappa shape index (κ3) is 3.34. The van der Waals surface area contributed by atoms with Crippen molar-refractivity contribution in [2.75, 3.05) is 5.43 Å². The largest absolute Gasteiger partial charge is 0.299 e. The summed E-state index contributed by atoms with van der Waals surface area (Å²) in [6.07, 6.45) is 0.459. The van der Waals surface area contributed by atoms with Gasteiger partial charge >= 0.3 is 0 Å². The molecule has 3 nitrogen and oxygen atoms in total. The Hall–Kier alpha value is -1.22. The van der Waals surface area contributed by atoms with Gasteiger partial charge in [-0.25, -0.2) is 0 Å². The quantitative estimate of drug-likeness (QED) is 0.732. The van der Waals surface area contributed by atoms with Gasteiger partial charge in [-0.2, -0.15) is 0 Å². The molecule has 0 fully saturated rings. The second-order valence-corrected chi connectivity index (χ2v) is 2.97. The molecule has 0 aliphatic carbocycles. The predicted molar refractivity (Wildman–Crippen MR) is 53.5 cm³/mol. The third-order valence-corrected chi connectivity index (χ3v) is 1.76. The zero-order valence-corrected chi connectivity index (χ0v) is 8.06. The number of nitrogens with one attached hydrogen (secondary N) is 2. The second-order valence-electron chi connectivity index (χ2n) is 2.53. The highest BCUT2D eigenvalue weighted by atomic mass is 35.5. The van der Waals surface area contributed by atoms with Crippen molar-refractivity contribution in [3.8, 4) is 0 Å². The molecular formula is C9H11ClN2O. The van der Waals surface area contributed by atoms with Gasteiger partial charge in [0.05, 0.1) is 5.69 Å². The van der Waals surface area contributed by atoms with Gasteiger partial charge in [0.25, 0.3) is 0 Å². The van der Waals surface area contributed by atoms with Crippen molar-refractivity contribution in [1.82, 2.24) is 5.43 Å². The van der Waals surface area contributed by atoms with E-state index in [0.717, 1.165) is 5.69 Å². The number of benzene rings is 1. The van der Waals surface area contributed by atoms with Crippen LogP contribution in [0.15, 0.2) is 24.3 Å². The first kappa shape index (κ1) is 9.86. The fraction of sp³-hybridized carbons (Fsp3) is 0.222. The van der Waals surface area contributed by atoms with E-state index in [1.807, 2.05) is 0 Å². The van der Waals surface area contributed by atoms with Crippen LogP contribution in [0.25, 0.3) is 0 Å². The van der Waals surface area contributed by atoms with Gasteiger partial charge < -0.3 is 0 Å². The number of carbonyl (C=O) groups is 1. The van der Waals surface area contributed by atoms with Crippen LogP contribution in [0.3, 0.4) is 0 Å². The van der Waals surface area contributed by atoms with Crippen LogP contribution in [0.4, 0.5) is 5.69 Å². The van der Waals surface area contributed by atoms with E-state index in [4.69, 9.17) is 11.6 Å². The van der Waals surface area contributed by atoms with E-state index in [9.17, 15) is 4.79 Å². The van der Waals surface area contributed by atoms with Crippen LogP contribution in [0.5, 0.6) is 0 Å². The molecule has 0 atom stereocenters. The molecule has 0 saturated heterocycles. The van der Waals surface area contributed by atoms with Gasteiger partial charge in [0.2, 0.25) is 5.91 Å². The van der Waals surface area contributed by atoms with E-state index in [2.05, 4.69) is 10.9 Å². The summed E-state index contributed by atoms with van der Waals surface area (Å²) in [6, 6.07) is 7.08. The fourth-order valence-electron chi connectivity index (χ4n) is 0.763. The van der Waals surface area contributed by atoms with E-state index in [1.165, 1.54) is 0 Å². The molecule has 0 aliphatic heterocycles. The number of hydrogen-bond donors (Lipinski definition) is 2. The van der Waals surface area contributed by atoms with Crippen molar-refractivity contribution in [3.63, 3.8) is 0 Å². The van der Waals surface area contributed by atoms with Crippen molar-refractivity contribution < 1.29 is 4.79 Å². The smallest absolute Gasteiger partial charge is 0.238 e. The van der Waals surface area contributed by atoms with Crippen LogP contribution >= 0.6 is 11.6 Å². The van der Waals surface area contributed by atoms with Gasteiger partial charge in [-0.05, 0) is 24.3 Å². The van der Waals surface area contributed by atoms with Gasteiger partial charge in [0.1, 0.15) is 0 Å². The van der Waals surface area contributed by atoms with Crippen LogP contribution < -0.4 is 10.9 Å². The summed E-state index contributed by atoms with van der Waals surface area (Å²) in [5.74, 6) is -0.0463. The van der Waals surface area contributed by atoms with E-state index in [1.54, 1.807) is 31.2 Å². The lowest BCUT2D eigenvalue weighted by molar-refractivity contribution is -0.120. The summed E-state index contributed by atoms with van der Waals surface area (Å²) in [5.41, 5.74) is 6.11. The molecule has 0 aliphatic rings. The number of hydrazine groups is 1. The van der Waals surface area contributed by atoms with Crippen molar-refractivity contribution in [1.29, 1.82) is 0 Å². The van der Waals surface area contributed by atoms with E-state index in [-0.39, 0.29) is 5.91 Å². The molecule has 0 spiro atoms. The standard InChI is InChI=1S/C9H11ClN2O/c1-2-9(13)12-11-8-5-3-7(10)4-6-8/h3-6,11H,2H2,1H3,(H,12,13). The second kappa shape index (κ2) is 4.72. The van der Waals surface area contributed by atoms with Crippen LogP contribution in [0, 0.1) is 0 Å². The average Bonchev–Trinajstić information content (AvgIpc) is 2.16. The van der Waals surface area contributed by atoms with Crippen LogP contribution in [-0.2, 0) is 4.79 Å². The van der Waals surface area contributed by atoms with Gasteiger partial charge in [-0.3, -0.25) is 15.6 Å². The number of carbonyl (C=O) groups excluding carboxylic acids is 1. The van der Waals surface area contributed by atoms with Crippen molar-refractivity contribution >= 4 is 23.2 Å². The number of amides is 1. The van der Waals surface area contributed by atoms with E-state index in [0.29, 0.717) is 11.4 Å². The Kier molecular flexibility index (Phi) is 3.58. The van der Waals surface area contributed by atoms with Gasteiger partial charge in [-0.1, -0.05) is 18.5 Å². The summed E-state index contributed by atoms with van der Waals surface area (Å²) >= 11 is 5.69. The molecule has 0 radical (unpaired) electrons. The van der Waals surface area contributed by atoms with Crippen molar-refractivity contribution in [2.24, 2.45) is 0 Å². The zero-order valence-electron chi connectivity index (χ0n) is 7.30. The summed E-state index contributed by atoms with van der Waals surface area (Å²) < 4.78 is 0. The Balaban J connectivity index is 2.46. The Morgan fingerprint density at radius 1 is 1.38 bits per heavy atom. The first-order valence-corrected chi connectivity index (χ1v) is 4.40. The van der Waals surface area contributed by atoms with Crippen LogP contribution in [0.1, 0.15) is 13.3 Å². The third-order valence-electron chi connectivity index (χ3n) is 1.51. The Bertz CT molecular complexity index is 284. The molecule has 4 heteroatoms. The summed E-state index contributed by atoms with van der Waals surface area (Å²) in [7, 11) is 0. The molecule has 2 N–H and O–H groups in total. The lowest BCUT2D eigenvalue weighted by atomic mass is 10.3.